The minimum absolute atomic E-state index is 0.0482. The van der Waals surface area contributed by atoms with Crippen LogP contribution in [-0.2, 0) is 15.6 Å². The molecule has 2 aromatic carbocycles. The number of nitrogens with zero attached hydrogens (tertiary/aromatic N) is 2. The third-order valence-electron chi connectivity index (χ3n) is 6.79. The Kier molecular flexibility index (Phi) is 8.87. The molecule has 4 rings (SSSR count). The quantitative estimate of drug-likeness (QED) is 0.474. The molecule has 0 N–H and O–H groups in total. The van der Waals surface area contributed by atoms with Gasteiger partial charge in [0.05, 0.1) is 10.6 Å². The third-order valence-corrected chi connectivity index (χ3v) is 9.38. The van der Waals surface area contributed by atoms with E-state index < -0.39 is 9.84 Å². The number of likely N-dealkylation sites (tertiary alicyclic amines) is 1. The molecule has 0 atom stereocenters. The molecular formula is C28H34N2O3S2. The van der Waals surface area contributed by atoms with Crippen LogP contribution in [0.4, 0.5) is 0 Å². The molecule has 0 radical (unpaired) electrons. The lowest BCUT2D eigenvalue weighted by Crippen LogP contribution is -2.37. The van der Waals surface area contributed by atoms with Gasteiger partial charge in [0.25, 0.3) is 5.91 Å². The van der Waals surface area contributed by atoms with Gasteiger partial charge >= 0.3 is 0 Å². The Hall–Kier alpha value is -2.35. The predicted octanol–water partition coefficient (Wildman–Crippen LogP) is 5.02. The van der Waals surface area contributed by atoms with E-state index in [0.29, 0.717) is 18.0 Å². The van der Waals surface area contributed by atoms with Crippen LogP contribution in [0, 0.1) is 5.92 Å². The second-order valence-corrected chi connectivity index (χ2v) is 12.4. The molecule has 186 valence electrons. The first-order valence-electron chi connectivity index (χ1n) is 12.2. The highest BCUT2D eigenvalue weighted by Crippen LogP contribution is 2.24. The molecule has 0 aliphatic carbocycles. The smallest absolute Gasteiger partial charge is 0.253 e. The van der Waals surface area contributed by atoms with Crippen LogP contribution in [0.25, 0.3) is 0 Å². The summed E-state index contributed by atoms with van der Waals surface area (Å²) in [6.07, 6.45) is 7.73. The predicted molar refractivity (Wildman–Crippen MR) is 144 cm³/mol. The number of carbonyl (C=O) groups is 1. The fourth-order valence-electron chi connectivity index (χ4n) is 4.63. The highest BCUT2D eigenvalue weighted by atomic mass is 32.2. The lowest BCUT2D eigenvalue weighted by atomic mass is 9.93. The molecule has 2 aliphatic rings. The highest BCUT2D eigenvalue weighted by Gasteiger charge is 2.22. The van der Waals surface area contributed by atoms with Crippen LogP contribution in [0.5, 0.6) is 0 Å². The van der Waals surface area contributed by atoms with E-state index in [-0.39, 0.29) is 16.6 Å². The summed E-state index contributed by atoms with van der Waals surface area (Å²) < 4.78 is 25.4. The number of sulfone groups is 1. The van der Waals surface area contributed by atoms with Crippen LogP contribution >= 0.6 is 11.8 Å². The monoisotopic (exact) mass is 510 g/mol. The van der Waals surface area contributed by atoms with Crippen molar-refractivity contribution in [1.82, 2.24) is 9.80 Å². The summed E-state index contributed by atoms with van der Waals surface area (Å²) in [7, 11) is -1.62. The Morgan fingerprint density at radius 2 is 1.77 bits per heavy atom. The topological polar surface area (TPSA) is 57.7 Å². The zero-order valence-corrected chi connectivity index (χ0v) is 21.9. The van der Waals surface area contributed by atoms with E-state index in [4.69, 9.17) is 0 Å². The molecule has 2 aromatic rings. The van der Waals surface area contributed by atoms with Crippen molar-refractivity contribution in [3.05, 3.63) is 88.9 Å². The van der Waals surface area contributed by atoms with E-state index in [9.17, 15) is 13.2 Å². The SMILES string of the molecule is CN(CCC1CCN(CC2=CC=CSC2)CC1)C(=O)c1ccc(S(=O)(=O)Cc2ccccc2)cc1. The van der Waals surface area contributed by atoms with Gasteiger partial charge in [-0.2, -0.15) is 0 Å². The summed E-state index contributed by atoms with van der Waals surface area (Å²) in [6, 6.07) is 15.5. The van der Waals surface area contributed by atoms with Gasteiger partial charge in [0, 0.05) is 31.5 Å². The number of benzene rings is 2. The first kappa shape index (κ1) is 25.7. The van der Waals surface area contributed by atoms with E-state index in [0.717, 1.165) is 37.4 Å². The van der Waals surface area contributed by atoms with Crippen molar-refractivity contribution in [2.75, 3.05) is 39.0 Å². The summed E-state index contributed by atoms with van der Waals surface area (Å²) in [5, 5.41) is 2.15. The summed E-state index contributed by atoms with van der Waals surface area (Å²) in [5.74, 6) is 1.63. The summed E-state index contributed by atoms with van der Waals surface area (Å²) >= 11 is 1.86. The molecular weight excluding hydrogens is 476 g/mol. The van der Waals surface area contributed by atoms with Gasteiger partial charge in [0.1, 0.15) is 0 Å². The molecule has 2 heterocycles. The van der Waals surface area contributed by atoms with E-state index in [2.05, 4.69) is 22.5 Å². The lowest BCUT2D eigenvalue weighted by molar-refractivity contribution is 0.0778. The van der Waals surface area contributed by atoms with Crippen LogP contribution in [0.15, 0.2) is 82.6 Å². The van der Waals surface area contributed by atoms with Gasteiger partial charge in [0.2, 0.25) is 0 Å². The summed E-state index contributed by atoms with van der Waals surface area (Å²) in [6.45, 7) is 4.02. The number of hydrogen-bond donors (Lipinski definition) is 0. The average molecular weight is 511 g/mol. The van der Waals surface area contributed by atoms with Crippen LogP contribution < -0.4 is 0 Å². The van der Waals surface area contributed by atoms with Crippen molar-refractivity contribution in [3.8, 4) is 0 Å². The highest BCUT2D eigenvalue weighted by molar-refractivity contribution is 8.02. The first-order valence-corrected chi connectivity index (χ1v) is 14.9. The van der Waals surface area contributed by atoms with Crippen LogP contribution in [0.3, 0.4) is 0 Å². The van der Waals surface area contributed by atoms with Gasteiger partial charge < -0.3 is 4.90 Å². The number of amides is 1. The van der Waals surface area contributed by atoms with Crippen LogP contribution in [0.2, 0.25) is 0 Å². The second-order valence-electron chi connectivity index (χ2n) is 9.47. The summed E-state index contributed by atoms with van der Waals surface area (Å²) in [5.41, 5.74) is 2.77. The zero-order valence-electron chi connectivity index (χ0n) is 20.3. The lowest BCUT2D eigenvalue weighted by Gasteiger charge is -2.33. The van der Waals surface area contributed by atoms with Gasteiger partial charge in [-0.3, -0.25) is 9.69 Å². The normalized spacial score (nSPS) is 17.2. The van der Waals surface area contributed by atoms with E-state index in [1.165, 1.54) is 18.4 Å². The molecule has 1 saturated heterocycles. The molecule has 1 amide bonds. The number of allylic oxidation sites excluding steroid dienone is 2. The Morgan fingerprint density at radius 1 is 1.06 bits per heavy atom. The van der Waals surface area contributed by atoms with Gasteiger partial charge in [0.15, 0.2) is 9.84 Å². The molecule has 1 fully saturated rings. The maximum Gasteiger partial charge on any atom is 0.253 e. The second kappa shape index (κ2) is 12.1. The van der Waals surface area contributed by atoms with Crippen molar-refractivity contribution in [3.63, 3.8) is 0 Å². The Labute approximate surface area is 213 Å². The average Bonchev–Trinajstić information content (AvgIpc) is 2.89. The summed E-state index contributed by atoms with van der Waals surface area (Å²) in [4.78, 5) is 17.4. The molecule has 0 unspecified atom stereocenters. The van der Waals surface area contributed by atoms with E-state index in [1.807, 2.05) is 37.0 Å². The van der Waals surface area contributed by atoms with E-state index in [1.54, 1.807) is 41.3 Å². The van der Waals surface area contributed by atoms with Gasteiger partial charge in [-0.1, -0.05) is 42.5 Å². The molecule has 2 aliphatic heterocycles. The Bertz CT molecular complexity index is 1150. The van der Waals surface area contributed by atoms with Gasteiger partial charge in [-0.25, -0.2) is 8.42 Å². The van der Waals surface area contributed by atoms with Crippen molar-refractivity contribution in [1.29, 1.82) is 0 Å². The first-order chi connectivity index (χ1) is 16.9. The molecule has 0 bridgehead atoms. The van der Waals surface area contributed by atoms with Crippen molar-refractivity contribution < 1.29 is 13.2 Å². The van der Waals surface area contributed by atoms with Crippen molar-refractivity contribution in [2.24, 2.45) is 5.92 Å². The number of thioether (sulfide) groups is 1. The van der Waals surface area contributed by atoms with Gasteiger partial charge in [-0.15, -0.1) is 11.8 Å². The standard InChI is InChI=1S/C28H34N2O3S2/c1-29(16-13-23-14-17-30(18-15-23)20-25-8-5-19-34-21-25)28(31)26-9-11-27(12-10-26)35(32,33)22-24-6-3-2-4-7-24/h2-12,19,23H,13-18,20-22H2,1H3. The molecule has 5 nitrogen and oxygen atoms in total. The molecule has 7 heteroatoms. The number of carbonyl (C=O) groups excluding carboxylic acids is 1. The molecule has 0 spiro atoms. The largest absolute Gasteiger partial charge is 0.342 e. The fourth-order valence-corrected chi connectivity index (χ4v) is 6.67. The third kappa shape index (κ3) is 7.32. The van der Waals surface area contributed by atoms with E-state index >= 15 is 0 Å². The van der Waals surface area contributed by atoms with Crippen molar-refractivity contribution in [2.45, 2.75) is 29.9 Å². The zero-order chi connectivity index (χ0) is 24.7. The van der Waals surface area contributed by atoms with Crippen LogP contribution in [-0.4, -0.2) is 63.1 Å². The maximum absolute atomic E-state index is 12.9. The Balaban J connectivity index is 1.24. The fraction of sp³-hybridized carbons (Fsp3) is 0.393. The number of rotatable bonds is 9. The minimum Gasteiger partial charge on any atom is -0.342 e. The van der Waals surface area contributed by atoms with Crippen molar-refractivity contribution >= 4 is 27.5 Å². The number of hydrogen-bond acceptors (Lipinski definition) is 5. The maximum atomic E-state index is 12.9. The molecule has 0 aromatic heterocycles. The molecule has 35 heavy (non-hydrogen) atoms. The van der Waals surface area contributed by atoms with Crippen LogP contribution in [0.1, 0.15) is 35.2 Å². The molecule has 0 saturated carbocycles. The van der Waals surface area contributed by atoms with Gasteiger partial charge in [-0.05, 0) is 79.1 Å². The minimum atomic E-state index is -3.45. The Morgan fingerprint density at radius 3 is 2.43 bits per heavy atom. The number of piperidine rings is 1.